The zero-order chi connectivity index (χ0) is 13.2. The minimum atomic E-state index is -3.56. The summed E-state index contributed by atoms with van der Waals surface area (Å²) in [4.78, 5) is 0.0877. The summed E-state index contributed by atoms with van der Waals surface area (Å²) in [5, 5.41) is 0. The van der Waals surface area contributed by atoms with E-state index in [-0.39, 0.29) is 17.0 Å². The number of halogens is 1. The van der Waals surface area contributed by atoms with E-state index in [2.05, 4.69) is 4.72 Å². The van der Waals surface area contributed by atoms with Gasteiger partial charge in [-0.25, -0.2) is 17.5 Å². The third-order valence-corrected chi connectivity index (χ3v) is 4.70. The molecule has 2 atom stereocenters. The van der Waals surface area contributed by atoms with E-state index < -0.39 is 15.8 Å². The van der Waals surface area contributed by atoms with Crippen LogP contribution >= 0.6 is 0 Å². The van der Waals surface area contributed by atoms with Crippen LogP contribution in [0, 0.1) is 5.82 Å². The topological polar surface area (TPSA) is 55.4 Å². The molecule has 0 aromatic heterocycles. The maximum Gasteiger partial charge on any atom is 0.240 e. The van der Waals surface area contributed by atoms with Crippen molar-refractivity contribution in [2.45, 2.75) is 36.3 Å². The van der Waals surface area contributed by atoms with E-state index in [0.29, 0.717) is 6.42 Å². The monoisotopic (exact) mass is 273 g/mol. The molecule has 2 rings (SSSR count). The number of nitrogens with one attached hydrogen (secondary N) is 1. The van der Waals surface area contributed by atoms with Gasteiger partial charge in [0.2, 0.25) is 10.0 Å². The van der Waals surface area contributed by atoms with E-state index in [1.54, 1.807) is 7.11 Å². The zero-order valence-corrected chi connectivity index (χ0v) is 10.9. The Labute approximate surface area is 106 Å². The zero-order valence-electron chi connectivity index (χ0n) is 10.1. The number of methoxy groups -OCH3 is 1. The van der Waals surface area contributed by atoms with Crippen LogP contribution in [0.1, 0.15) is 19.3 Å². The standard InChI is InChI=1S/C12H16FNO3S/c1-17-11-5-4-10(8-11)14-18(15,16)12-6-2-9(13)3-7-12/h2-3,6-7,10-11,14H,4-5,8H2,1H3. The second kappa shape index (κ2) is 5.34. The molecule has 0 spiro atoms. The first kappa shape index (κ1) is 13.5. The summed E-state index contributed by atoms with van der Waals surface area (Å²) in [6, 6.07) is 4.70. The largest absolute Gasteiger partial charge is 0.381 e. The molecule has 1 aliphatic carbocycles. The summed E-state index contributed by atoms with van der Waals surface area (Å²) >= 11 is 0. The van der Waals surface area contributed by atoms with Gasteiger partial charge in [-0.1, -0.05) is 0 Å². The lowest BCUT2D eigenvalue weighted by Crippen LogP contribution is -2.33. The maximum absolute atomic E-state index is 12.7. The Morgan fingerprint density at radius 2 is 1.94 bits per heavy atom. The van der Waals surface area contributed by atoms with Crippen molar-refractivity contribution in [3.63, 3.8) is 0 Å². The SMILES string of the molecule is COC1CCC(NS(=O)(=O)c2ccc(F)cc2)C1. The average Bonchev–Trinajstić information content (AvgIpc) is 2.76. The summed E-state index contributed by atoms with van der Waals surface area (Å²) in [7, 11) is -1.94. The van der Waals surface area contributed by atoms with Gasteiger partial charge in [-0.2, -0.15) is 0 Å². The van der Waals surface area contributed by atoms with Crippen molar-refractivity contribution in [3.8, 4) is 0 Å². The van der Waals surface area contributed by atoms with Gasteiger partial charge in [0.05, 0.1) is 11.0 Å². The Balaban J connectivity index is 2.06. The number of hydrogen-bond donors (Lipinski definition) is 1. The van der Waals surface area contributed by atoms with Crippen molar-refractivity contribution < 1.29 is 17.5 Å². The average molecular weight is 273 g/mol. The molecule has 0 heterocycles. The lowest BCUT2D eigenvalue weighted by atomic mass is 10.3. The highest BCUT2D eigenvalue weighted by atomic mass is 32.2. The van der Waals surface area contributed by atoms with Crippen molar-refractivity contribution in [2.24, 2.45) is 0 Å². The molecule has 1 aromatic rings. The summed E-state index contributed by atoms with van der Waals surface area (Å²) in [5.74, 6) is -0.450. The number of benzene rings is 1. The van der Waals surface area contributed by atoms with Crippen molar-refractivity contribution in [2.75, 3.05) is 7.11 Å². The van der Waals surface area contributed by atoms with E-state index in [4.69, 9.17) is 4.74 Å². The predicted molar refractivity (Wildman–Crippen MR) is 65.2 cm³/mol. The van der Waals surface area contributed by atoms with Gasteiger partial charge in [0, 0.05) is 13.2 Å². The smallest absolute Gasteiger partial charge is 0.240 e. The molecule has 18 heavy (non-hydrogen) atoms. The van der Waals surface area contributed by atoms with Crippen molar-refractivity contribution >= 4 is 10.0 Å². The van der Waals surface area contributed by atoms with Crippen LogP contribution in [0.5, 0.6) is 0 Å². The fourth-order valence-corrected chi connectivity index (χ4v) is 3.45. The van der Waals surface area contributed by atoms with Gasteiger partial charge in [-0.15, -0.1) is 0 Å². The number of hydrogen-bond acceptors (Lipinski definition) is 3. The Hall–Kier alpha value is -0.980. The summed E-state index contributed by atoms with van der Waals surface area (Å²) < 4.78 is 44.6. The van der Waals surface area contributed by atoms with Gasteiger partial charge in [0.25, 0.3) is 0 Å². The summed E-state index contributed by atoms with van der Waals surface area (Å²) in [6.07, 6.45) is 2.41. The van der Waals surface area contributed by atoms with Crippen LogP contribution in [0.15, 0.2) is 29.2 Å². The Bertz CT molecular complexity index is 501. The lowest BCUT2D eigenvalue weighted by molar-refractivity contribution is 0.107. The minimum Gasteiger partial charge on any atom is -0.381 e. The van der Waals surface area contributed by atoms with Gasteiger partial charge in [0.15, 0.2) is 0 Å². The van der Waals surface area contributed by atoms with E-state index in [0.717, 1.165) is 25.0 Å². The Morgan fingerprint density at radius 1 is 1.28 bits per heavy atom. The number of rotatable bonds is 4. The van der Waals surface area contributed by atoms with Gasteiger partial charge in [-0.3, -0.25) is 0 Å². The van der Waals surface area contributed by atoms with Crippen LogP contribution in [0.25, 0.3) is 0 Å². The lowest BCUT2D eigenvalue weighted by Gasteiger charge is -2.13. The third-order valence-electron chi connectivity index (χ3n) is 3.16. The molecule has 6 heteroatoms. The second-order valence-corrected chi connectivity index (χ2v) is 6.16. The van der Waals surface area contributed by atoms with Gasteiger partial charge >= 0.3 is 0 Å². The first-order valence-electron chi connectivity index (χ1n) is 5.82. The number of sulfonamides is 1. The van der Waals surface area contributed by atoms with Gasteiger partial charge in [0.1, 0.15) is 5.82 Å². The van der Waals surface area contributed by atoms with E-state index in [9.17, 15) is 12.8 Å². The first-order valence-corrected chi connectivity index (χ1v) is 7.30. The highest BCUT2D eigenvalue weighted by molar-refractivity contribution is 7.89. The van der Waals surface area contributed by atoms with Crippen LogP contribution in [0.3, 0.4) is 0 Å². The normalized spacial score (nSPS) is 24.3. The first-order chi connectivity index (χ1) is 8.51. The van der Waals surface area contributed by atoms with Crippen molar-refractivity contribution in [1.82, 2.24) is 4.72 Å². The van der Waals surface area contributed by atoms with E-state index >= 15 is 0 Å². The van der Waals surface area contributed by atoms with Crippen LogP contribution in [0.2, 0.25) is 0 Å². The highest BCUT2D eigenvalue weighted by Gasteiger charge is 2.28. The molecular formula is C12H16FNO3S. The fraction of sp³-hybridized carbons (Fsp3) is 0.500. The van der Waals surface area contributed by atoms with Crippen molar-refractivity contribution in [1.29, 1.82) is 0 Å². The molecule has 0 saturated heterocycles. The summed E-state index contributed by atoms with van der Waals surface area (Å²) in [6.45, 7) is 0. The summed E-state index contributed by atoms with van der Waals surface area (Å²) in [5.41, 5.74) is 0. The number of ether oxygens (including phenoxy) is 1. The molecule has 1 aromatic carbocycles. The molecule has 0 aliphatic heterocycles. The minimum absolute atomic E-state index is 0.0877. The molecule has 0 amide bonds. The van der Waals surface area contributed by atoms with Crippen molar-refractivity contribution in [3.05, 3.63) is 30.1 Å². The maximum atomic E-state index is 12.7. The van der Waals surface area contributed by atoms with Crippen LogP contribution in [0.4, 0.5) is 4.39 Å². The Kier molecular flexibility index (Phi) is 3.99. The van der Waals surface area contributed by atoms with Crippen LogP contribution in [-0.4, -0.2) is 27.7 Å². The molecule has 0 radical (unpaired) electrons. The Morgan fingerprint density at radius 3 is 2.50 bits per heavy atom. The van der Waals surface area contributed by atoms with Gasteiger partial charge in [-0.05, 0) is 43.5 Å². The molecule has 0 bridgehead atoms. The third kappa shape index (κ3) is 3.07. The molecule has 1 saturated carbocycles. The molecule has 4 nitrogen and oxygen atoms in total. The predicted octanol–water partition coefficient (Wildman–Crippen LogP) is 1.67. The molecule has 2 unspecified atom stereocenters. The molecule has 1 N–H and O–H groups in total. The fourth-order valence-electron chi connectivity index (χ4n) is 2.16. The quantitative estimate of drug-likeness (QED) is 0.908. The molecule has 1 aliphatic rings. The van der Waals surface area contributed by atoms with Gasteiger partial charge < -0.3 is 4.74 Å². The molecule has 1 fully saturated rings. The molecule has 100 valence electrons. The van der Waals surface area contributed by atoms with E-state index in [1.807, 2.05) is 0 Å². The highest BCUT2D eigenvalue weighted by Crippen LogP contribution is 2.23. The second-order valence-electron chi connectivity index (χ2n) is 4.44. The van der Waals surface area contributed by atoms with Crippen LogP contribution < -0.4 is 4.72 Å². The van der Waals surface area contributed by atoms with Crippen LogP contribution in [-0.2, 0) is 14.8 Å². The van der Waals surface area contributed by atoms with E-state index in [1.165, 1.54) is 12.1 Å². The molecular weight excluding hydrogens is 257 g/mol.